The predicted octanol–water partition coefficient (Wildman–Crippen LogP) is 3.63. The van der Waals surface area contributed by atoms with E-state index in [1.807, 2.05) is 0 Å². The van der Waals surface area contributed by atoms with E-state index in [0.717, 1.165) is 38.2 Å². The number of hydrogen-bond acceptors (Lipinski definition) is 4. The first kappa shape index (κ1) is 19.2. The highest BCUT2D eigenvalue weighted by molar-refractivity contribution is 5.90. The highest BCUT2D eigenvalue weighted by Crippen LogP contribution is 2.26. The lowest BCUT2D eigenvalue weighted by atomic mass is 10.1. The molecular weight excluding hydrogens is 361 g/mol. The van der Waals surface area contributed by atoms with Crippen molar-refractivity contribution in [2.24, 2.45) is 0 Å². The number of nitrogens with one attached hydrogen (secondary N) is 2. The largest absolute Gasteiger partial charge is 0.432 e. The number of nitrogens with zero attached hydrogens (tertiary/aromatic N) is 2. The second kappa shape index (κ2) is 8.90. The van der Waals surface area contributed by atoms with Crippen LogP contribution in [0.25, 0.3) is 11.3 Å². The van der Waals surface area contributed by atoms with Crippen molar-refractivity contribution in [2.45, 2.75) is 32.3 Å². The predicted molar refractivity (Wildman–Crippen MR) is 94.2 cm³/mol. The summed E-state index contributed by atoms with van der Waals surface area (Å²) >= 11 is 0. The molecule has 0 aliphatic carbocycles. The van der Waals surface area contributed by atoms with Crippen molar-refractivity contribution < 1.29 is 22.7 Å². The fourth-order valence-electron chi connectivity index (χ4n) is 3.07. The van der Waals surface area contributed by atoms with E-state index in [4.69, 9.17) is 0 Å². The van der Waals surface area contributed by atoms with E-state index >= 15 is 0 Å². The van der Waals surface area contributed by atoms with Crippen molar-refractivity contribution >= 4 is 11.7 Å². The fourth-order valence-corrected chi connectivity index (χ4v) is 3.07. The topological polar surface area (TPSA) is 70.2 Å². The monoisotopic (exact) mass is 382 g/mol. The molecule has 0 saturated carbocycles. The minimum absolute atomic E-state index is 0.128. The number of amides is 1. The molecule has 1 aromatic heterocycles. The van der Waals surface area contributed by atoms with Gasteiger partial charge < -0.3 is 15.0 Å². The number of rotatable bonds is 8. The molecular formula is C18H21F3N4O2. The average molecular weight is 382 g/mol. The maximum atomic E-state index is 13.8. The van der Waals surface area contributed by atoms with Gasteiger partial charge in [0.25, 0.3) is 0 Å². The molecule has 1 fully saturated rings. The maximum Gasteiger partial charge on any atom is 0.387 e. The van der Waals surface area contributed by atoms with Crippen LogP contribution >= 0.6 is 0 Å². The molecule has 0 unspecified atom stereocenters. The van der Waals surface area contributed by atoms with Crippen LogP contribution in [0.4, 0.5) is 19.0 Å². The molecule has 0 bridgehead atoms. The van der Waals surface area contributed by atoms with Crippen LogP contribution in [0, 0.1) is 5.82 Å². The van der Waals surface area contributed by atoms with Gasteiger partial charge in [0.15, 0.2) is 11.6 Å². The van der Waals surface area contributed by atoms with E-state index in [1.165, 1.54) is 18.9 Å². The van der Waals surface area contributed by atoms with Crippen LogP contribution < -0.4 is 10.1 Å². The van der Waals surface area contributed by atoms with Crippen LogP contribution in [0.15, 0.2) is 24.3 Å². The Bertz CT molecular complexity index is 776. The molecule has 2 N–H and O–H groups in total. The van der Waals surface area contributed by atoms with Gasteiger partial charge in [0, 0.05) is 18.1 Å². The summed E-state index contributed by atoms with van der Waals surface area (Å²) in [6, 6.07) is 5.14. The van der Waals surface area contributed by atoms with Gasteiger partial charge in [0.2, 0.25) is 5.91 Å². The smallest absolute Gasteiger partial charge is 0.387 e. The normalized spacial score (nSPS) is 14.7. The second-order valence-electron chi connectivity index (χ2n) is 6.39. The molecule has 3 rings (SSSR count). The minimum Gasteiger partial charge on any atom is -0.432 e. The van der Waals surface area contributed by atoms with Crippen molar-refractivity contribution in [3.8, 4) is 17.0 Å². The van der Waals surface area contributed by atoms with Crippen molar-refractivity contribution in [1.29, 1.82) is 0 Å². The zero-order valence-electron chi connectivity index (χ0n) is 14.7. The fraction of sp³-hybridized carbons (Fsp3) is 0.444. The summed E-state index contributed by atoms with van der Waals surface area (Å²) in [5.41, 5.74) is 0.754. The summed E-state index contributed by atoms with van der Waals surface area (Å²) in [5.74, 6) is -1.18. The molecule has 0 radical (unpaired) electrons. The third-order valence-electron chi connectivity index (χ3n) is 4.37. The average Bonchev–Trinajstić information content (AvgIpc) is 3.28. The van der Waals surface area contributed by atoms with Crippen molar-refractivity contribution in [1.82, 2.24) is 15.1 Å². The van der Waals surface area contributed by atoms with Gasteiger partial charge >= 0.3 is 6.61 Å². The van der Waals surface area contributed by atoms with Crippen molar-refractivity contribution in [2.75, 3.05) is 25.0 Å². The van der Waals surface area contributed by atoms with Crippen LogP contribution in [-0.2, 0) is 4.79 Å². The summed E-state index contributed by atoms with van der Waals surface area (Å²) in [7, 11) is 0. The first-order valence-electron chi connectivity index (χ1n) is 8.83. The molecule has 0 atom stereocenters. The summed E-state index contributed by atoms with van der Waals surface area (Å²) in [6.07, 6.45) is 3.63. The third-order valence-corrected chi connectivity index (χ3v) is 4.37. The van der Waals surface area contributed by atoms with Gasteiger partial charge in [0.05, 0.1) is 5.69 Å². The lowest BCUT2D eigenvalue weighted by molar-refractivity contribution is -0.116. The van der Waals surface area contributed by atoms with E-state index in [0.29, 0.717) is 23.5 Å². The Morgan fingerprint density at radius 3 is 2.78 bits per heavy atom. The molecule has 9 heteroatoms. The number of alkyl halides is 2. The molecule has 1 aliphatic heterocycles. The zero-order chi connectivity index (χ0) is 19.2. The first-order chi connectivity index (χ1) is 13.0. The lowest BCUT2D eigenvalue weighted by Crippen LogP contribution is -2.22. The number of benzene rings is 1. The number of hydrogen-bond donors (Lipinski definition) is 2. The zero-order valence-corrected chi connectivity index (χ0v) is 14.7. The summed E-state index contributed by atoms with van der Waals surface area (Å²) in [4.78, 5) is 14.4. The van der Waals surface area contributed by atoms with Gasteiger partial charge in [-0.2, -0.15) is 13.9 Å². The van der Waals surface area contributed by atoms with Gasteiger partial charge in [-0.1, -0.05) is 0 Å². The van der Waals surface area contributed by atoms with Gasteiger partial charge in [-0.05, 0) is 57.1 Å². The minimum atomic E-state index is -3.09. The molecule has 146 valence electrons. The molecule has 27 heavy (non-hydrogen) atoms. The number of carbonyl (C=O) groups is 1. The standard InChI is InChI=1S/C18H21F3N4O2/c19-13-10-12(5-6-15(13)27-18(20)21)14-11-16(24-23-14)22-17(26)4-3-9-25-7-1-2-8-25/h5-6,10-11,18H,1-4,7-9H2,(H2,22,23,24,26). The molecule has 1 aromatic carbocycles. The van der Waals surface area contributed by atoms with Gasteiger partial charge in [-0.15, -0.1) is 0 Å². The number of likely N-dealkylation sites (tertiary alicyclic amines) is 1. The van der Waals surface area contributed by atoms with Crippen LogP contribution in [0.1, 0.15) is 25.7 Å². The van der Waals surface area contributed by atoms with Crippen LogP contribution in [0.2, 0.25) is 0 Å². The van der Waals surface area contributed by atoms with E-state index in [2.05, 4.69) is 25.2 Å². The molecule has 1 amide bonds. The third kappa shape index (κ3) is 5.46. The Kier molecular flexibility index (Phi) is 6.33. The molecule has 2 aromatic rings. The Balaban J connectivity index is 1.53. The van der Waals surface area contributed by atoms with Crippen LogP contribution in [0.3, 0.4) is 0 Å². The number of ether oxygens (including phenoxy) is 1. The van der Waals surface area contributed by atoms with E-state index in [-0.39, 0.29) is 5.91 Å². The van der Waals surface area contributed by atoms with Crippen LogP contribution in [0.5, 0.6) is 5.75 Å². The number of halogens is 3. The quantitative estimate of drug-likeness (QED) is 0.732. The van der Waals surface area contributed by atoms with E-state index in [1.54, 1.807) is 6.07 Å². The van der Waals surface area contributed by atoms with Crippen LogP contribution in [-0.4, -0.2) is 47.3 Å². The Labute approximate surface area is 154 Å². The number of aromatic amines is 1. The van der Waals surface area contributed by atoms with E-state index < -0.39 is 18.2 Å². The van der Waals surface area contributed by atoms with Gasteiger partial charge in [-0.3, -0.25) is 9.89 Å². The number of anilines is 1. The molecule has 1 saturated heterocycles. The summed E-state index contributed by atoms with van der Waals surface area (Å²) in [5, 5.41) is 9.39. The maximum absolute atomic E-state index is 13.8. The van der Waals surface area contributed by atoms with E-state index in [9.17, 15) is 18.0 Å². The molecule has 6 nitrogen and oxygen atoms in total. The van der Waals surface area contributed by atoms with Gasteiger partial charge in [-0.25, -0.2) is 4.39 Å². The van der Waals surface area contributed by atoms with Gasteiger partial charge in [0.1, 0.15) is 5.82 Å². The Morgan fingerprint density at radius 1 is 1.30 bits per heavy atom. The Morgan fingerprint density at radius 2 is 2.07 bits per heavy atom. The Hall–Kier alpha value is -2.55. The summed E-state index contributed by atoms with van der Waals surface area (Å²) in [6.45, 7) is 0.0171. The number of H-pyrrole nitrogens is 1. The highest BCUT2D eigenvalue weighted by Gasteiger charge is 2.14. The number of aromatic nitrogens is 2. The highest BCUT2D eigenvalue weighted by atomic mass is 19.3. The lowest BCUT2D eigenvalue weighted by Gasteiger charge is -2.13. The number of carbonyl (C=O) groups excluding carboxylic acids is 1. The van der Waals surface area contributed by atoms with Crippen molar-refractivity contribution in [3.05, 3.63) is 30.1 Å². The summed E-state index contributed by atoms with van der Waals surface area (Å²) < 4.78 is 42.2. The molecule has 1 aliphatic rings. The SMILES string of the molecule is O=C(CCCN1CCCC1)Nc1cc(-c2ccc(OC(F)F)c(F)c2)n[nH]1. The molecule has 2 heterocycles. The van der Waals surface area contributed by atoms with Crippen molar-refractivity contribution in [3.63, 3.8) is 0 Å². The second-order valence-corrected chi connectivity index (χ2v) is 6.39. The first-order valence-corrected chi connectivity index (χ1v) is 8.83. The molecule has 0 spiro atoms.